The van der Waals surface area contributed by atoms with E-state index in [1.54, 1.807) is 29.2 Å². The first-order chi connectivity index (χ1) is 15.0. The van der Waals surface area contributed by atoms with Crippen molar-refractivity contribution in [2.45, 2.75) is 26.8 Å². The third-order valence-corrected chi connectivity index (χ3v) is 5.65. The van der Waals surface area contributed by atoms with Crippen LogP contribution in [-0.4, -0.2) is 59.4 Å². The lowest BCUT2D eigenvalue weighted by Gasteiger charge is -2.28. The van der Waals surface area contributed by atoms with Gasteiger partial charge in [-0.05, 0) is 49.8 Å². The van der Waals surface area contributed by atoms with Gasteiger partial charge < -0.3 is 19.6 Å². The summed E-state index contributed by atoms with van der Waals surface area (Å²) in [5.74, 6) is -0.716. The molecule has 164 valence electrons. The molecule has 0 spiro atoms. The number of likely N-dealkylation sites (tertiary alicyclic amines) is 1. The predicted molar refractivity (Wildman–Crippen MR) is 121 cm³/mol. The number of aliphatic hydroxyl groups is 1. The highest BCUT2D eigenvalue weighted by atomic mass is 16.5. The topological polar surface area (TPSA) is 70.1 Å². The molecule has 1 N–H and O–H groups in total. The first-order valence-corrected chi connectivity index (χ1v) is 10.8. The number of likely N-dealkylation sites (N-methyl/N-ethyl adjacent to an activating group) is 1. The predicted octanol–water partition coefficient (Wildman–Crippen LogP) is 3.85. The average molecular weight is 423 g/mol. The van der Waals surface area contributed by atoms with E-state index in [0.29, 0.717) is 31.0 Å². The van der Waals surface area contributed by atoms with Crippen molar-refractivity contribution in [3.8, 4) is 5.75 Å². The van der Waals surface area contributed by atoms with Gasteiger partial charge in [-0.2, -0.15) is 0 Å². The summed E-state index contributed by atoms with van der Waals surface area (Å²) in [6, 6.07) is 15.7. The molecule has 2 aromatic rings. The summed E-state index contributed by atoms with van der Waals surface area (Å²) in [4.78, 5) is 29.8. The Morgan fingerprint density at radius 1 is 1.00 bits per heavy atom. The maximum absolute atomic E-state index is 13.0. The van der Waals surface area contributed by atoms with Crippen LogP contribution < -0.4 is 4.74 Å². The number of carbonyl (C=O) groups is 2. The zero-order valence-electron chi connectivity index (χ0n) is 18.4. The Morgan fingerprint density at radius 3 is 2.23 bits per heavy atom. The molecular weight excluding hydrogens is 392 g/mol. The van der Waals surface area contributed by atoms with Crippen LogP contribution in [0.5, 0.6) is 5.75 Å². The third kappa shape index (κ3) is 4.80. The number of ether oxygens (including phenoxy) is 1. The number of ketones is 1. The number of hydrogen-bond acceptors (Lipinski definition) is 5. The van der Waals surface area contributed by atoms with Gasteiger partial charge >= 0.3 is 0 Å². The molecule has 1 aliphatic rings. The summed E-state index contributed by atoms with van der Waals surface area (Å²) < 4.78 is 5.46. The lowest BCUT2D eigenvalue weighted by Crippen LogP contribution is -2.38. The largest absolute Gasteiger partial charge is 0.507 e. The standard InChI is InChI=1S/C25H30N2O4/c1-4-26(5-2)16-17-27-22(18-10-8-7-9-11-18)21(24(29)25(27)30)23(28)19-12-14-20(15-13-19)31-6-3/h7-15,22,28H,4-6,16-17H2,1-3H3/t22-/m0/s1. The van der Waals surface area contributed by atoms with Gasteiger partial charge in [0.1, 0.15) is 11.5 Å². The van der Waals surface area contributed by atoms with Crippen molar-refractivity contribution in [1.82, 2.24) is 9.80 Å². The van der Waals surface area contributed by atoms with E-state index in [1.165, 1.54) is 0 Å². The fourth-order valence-electron chi connectivity index (χ4n) is 3.91. The van der Waals surface area contributed by atoms with Crippen LogP contribution in [0.1, 0.15) is 37.9 Å². The SMILES string of the molecule is CCOc1ccc(C(O)=C2C(=O)C(=O)N(CCN(CC)CC)[C@H]2c2ccccc2)cc1. The van der Waals surface area contributed by atoms with Crippen molar-refractivity contribution >= 4 is 17.4 Å². The van der Waals surface area contributed by atoms with Crippen LogP contribution in [0.3, 0.4) is 0 Å². The Kier molecular flexibility index (Phi) is 7.47. The van der Waals surface area contributed by atoms with Crippen molar-refractivity contribution in [1.29, 1.82) is 0 Å². The molecule has 1 fully saturated rings. The highest BCUT2D eigenvalue weighted by molar-refractivity contribution is 6.46. The van der Waals surface area contributed by atoms with Crippen molar-refractivity contribution in [3.05, 3.63) is 71.3 Å². The molecule has 6 nitrogen and oxygen atoms in total. The number of aliphatic hydroxyl groups excluding tert-OH is 1. The summed E-state index contributed by atoms with van der Waals surface area (Å²) in [5, 5.41) is 11.1. The molecule has 0 aromatic heterocycles. The Bertz CT molecular complexity index is 934. The van der Waals surface area contributed by atoms with E-state index in [9.17, 15) is 14.7 Å². The van der Waals surface area contributed by atoms with E-state index in [1.807, 2.05) is 37.3 Å². The molecule has 3 rings (SSSR count). The van der Waals surface area contributed by atoms with E-state index < -0.39 is 17.7 Å². The van der Waals surface area contributed by atoms with Gasteiger partial charge in [-0.25, -0.2) is 0 Å². The van der Waals surface area contributed by atoms with Crippen molar-refractivity contribution in [2.24, 2.45) is 0 Å². The van der Waals surface area contributed by atoms with Crippen LogP contribution in [0.4, 0.5) is 0 Å². The molecule has 31 heavy (non-hydrogen) atoms. The van der Waals surface area contributed by atoms with E-state index in [2.05, 4.69) is 18.7 Å². The molecule has 1 amide bonds. The molecule has 1 saturated heterocycles. The van der Waals surface area contributed by atoms with Gasteiger partial charge in [0, 0.05) is 18.7 Å². The normalized spacial score (nSPS) is 18.1. The average Bonchev–Trinajstić information content (AvgIpc) is 3.05. The maximum Gasteiger partial charge on any atom is 0.295 e. The Labute approximate surface area is 183 Å². The van der Waals surface area contributed by atoms with Crippen LogP contribution in [0.2, 0.25) is 0 Å². The monoisotopic (exact) mass is 422 g/mol. The number of hydrogen-bond donors (Lipinski definition) is 1. The molecule has 0 bridgehead atoms. The number of nitrogens with zero attached hydrogens (tertiary/aromatic N) is 2. The summed E-state index contributed by atoms with van der Waals surface area (Å²) >= 11 is 0. The number of carbonyl (C=O) groups excluding carboxylic acids is 2. The molecule has 0 aliphatic carbocycles. The second-order valence-corrected chi connectivity index (χ2v) is 7.39. The van der Waals surface area contributed by atoms with Crippen molar-refractivity contribution < 1.29 is 19.4 Å². The molecular formula is C25H30N2O4. The maximum atomic E-state index is 13.0. The van der Waals surface area contributed by atoms with Gasteiger partial charge in [0.2, 0.25) is 0 Å². The summed E-state index contributed by atoms with van der Waals surface area (Å²) in [7, 11) is 0. The van der Waals surface area contributed by atoms with Crippen LogP contribution in [-0.2, 0) is 9.59 Å². The second-order valence-electron chi connectivity index (χ2n) is 7.39. The minimum absolute atomic E-state index is 0.125. The number of Topliss-reactive ketones (excluding diaryl/α,β-unsaturated/α-hetero) is 1. The minimum atomic E-state index is -0.653. The number of benzene rings is 2. The molecule has 0 saturated carbocycles. The molecule has 0 radical (unpaired) electrons. The quantitative estimate of drug-likeness (QED) is 0.378. The first kappa shape index (κ1) is 22.6. The van der Waals surface area contributed by atoms with Crippen LogP contribution in [0, 0.1) is 0 Å². The van der Waals surface area contributed by atoms with Crippen molar-refractivity contribution in [3.63, 3.8) is 0 Å². The van der Waals surface area contributed by atoms with Crippen LogP contribution >= 0.6 is 0 Å². The molecule has 0 unspecified atom stereocenters. The van der Waals surface area contributed by atoms with Gasteiger partial charge in [-0.1, -0.05) is 44.2 Å². The molecule has 6 heteroatoms. The minimum Gasteiger partial charge on any atom is -0.507 e. The molecule has 1 aliphatic heterocycles. The third-order valence-electron chi connectivity index (χ3n) is 5.65. The molecule has 1 atom stereocenters. The van der Waals surface area contributed by atoms with Gasteiger partial charge in [0.15, 0.2) is 0 Å². The lowest BCUT2D eigenvalue weighted by atomic mass is 9.95. The van der Waals surface area contributed by atoms with Gasteiger partial charge in [0.25, 0.3) is 11.7 Å². The van der Waals surface area contributed by atoms with Crippen LogP contribution in [0.15, 0.2) is 60.2 Å². The molecule has 1 heterocycles. The van der Waals surface area contributed by atoms with E-state index >= 15 is 0 Å². The van der Waals surface area contributed by atoms with E-state index in [4.69, 9.17) is 4.74 Å². The first-order valence-electron chi connectivity index (χ1n) is 10.8. The van der Waals surface area contributed by atoms with Gasteiger partial charge in [-0.15, -0.1) is 0 Å². The lowest BCUT2D eigenvalue weighted by molar-refractivity contribution is -0.140. The van der Waals surface area contributed by atoms with Gasteiger partial charge in [0.05, 0.1) is 18.2 Å². The summed E-state index contributed by atoms with van der Waals surface area (Å²) in [6.45, 7) is 9.37. The fraction of sp³-hybridized carbons (Fsp3) is 0.360. The van der Waals surface area contributed by atoms with E-state index in [0.717, 1.165) is 18.7 Å². The summed E-state index contributed by atoms with van der Waals surface area (Å²) in [6.07, 6.45) is 0. The second kappa shape index (κ2) is 10.3. The van der Waals surface area contributed by atoms with Crippen molar-refractivity contribution in [2.75, 3.05) is 32.8 Å². The highest BCUT2D eigenvalue weighted by Crippen LogP contribution is 2.39. The highest BCUT2D eigenvalue weighted by Gasteiger charge is 2.45. The van der Waals surface area contributed by atoms with Gasteiger partial charge in [-0.3, -0.25) is 9.59 Å². The van der Waals surface area contributed by atoms with E-state index in [-0.39, 0.29) is 11.3 Å². The summed E-state index contributed by atoms with van der Waals surface area (Å²) in [5.41, 5.74) is 1.40. The zero-order valence-corrected chi connectivity index (χ0v) is 18.4. The van der Waals surface area contributed by atoms with Crippen LogP contribution in [0.25, 0.3) is 5.76 Å². The Hall–Kier alpha value is -3.12. The fourth-order valence-corrected chi connectivity index (χ4v) is 3.91. The number of rotatable bonds is 9. The smallest absolute Gasteiger partial charge is 0.295 e. The molecule has 2 aromatic carbocycles. The number of amides is 1. The Morgan fingerprint density at radius 2 is 1.65 bits per heavy atom. The Balaban J connectivity index is 2.03. The zero-order chi connectivity index (χ0) is 22.4.